The molecule has 1 heterocycles. The number of nitrogens with zero attached hydrogens (tertiary/aromatic N) is 2. The minimum absolute atomic E-state index is 0.369. The van der Waals surface area contributed by atoms with Crippen LogP contribution in [0.2, 0.25) is 0 Å². The lowest BCUT2D eigenvalue weighted by Gasteiger charge is -2.30. The third kappa shape index (κ3) is 4.04. The zero-order chi connectivity index (χ0) is 14.4. The van der Waals surface area contributed by atoms with Crippen LogP contribution in [0.25, 0.3) is 0 Å². The molecule has 0 bridgehead atoms. The number of thiazole rings is 1. The molecule has 1 aromatic heterocycles. The first-order valence-electron chi connectivity index (χ1n) is 6.88. The Bertz CT molecular complexity index is 511. The Kier molecular flexibility index (Phi) is 6.01. The largest absolute Gasteiger partial charge is 0.360 e. The topological polar surface area (TPSA) is 28.2 Å². The summed E-state index contributed by atoms with van der Waals surface area (Å²) in [6, 6.07) is 11.0. The molecule has 2 rings (SSSR count). The maximum absolute atomic E-state index is 4.39. The number of rotatable bonds is 7. The molecule has 20 heavy (non-hydrogen) atoms. The van der Waals surface area contributed by atoms with Crippen molar-refractivity contribution in [3.05, 3.63) is 45.9 Å². The first-order chi connectivity index (χ1) is 9.74. The average molecular weight is 354 g/mol. The Morgan fingerprint density at radius 2 is 1.95 bits per heavy atom. The summed E-state index contributed by atoms with van der Waals surface area (Å²) in [7, 11) is 0. The Hall–Kier alpha value is -0.910. The van der Waals surface area contributed by atoms with Gasteiger partial charge in [0.05, 0.1) is 6.04 Å². The summed E-state index contributed by atoms with van der Waals surface area (Å²) in [5.41, 5.74) is 1.35. The molecular formula is C15H20BrN3S. The fourth-order valence-electron chi connectivity index (χ4n) is 2.32. The highest BCUT2D eigenvalue weighted by atomic mass is 79.9. The molecule has 0 saturated carbocycles. The maximum atomic E-state index is 4.39. The monoisotopic (exact) mass is 353 g/mol. The van der Waals surface area contributed by atoms with Gasteiger partial charge in [-0.05, 0) is 34.6 Å². The predicted molar refractivity (Wildman–Crippen MR) is 90.4 cm³/mol. The Morgan fingerprint density at radius 1 is 1.25 bits per heavy atom. The van der Waals surface area contributed by atoms with E-state index in [1.165, 1.54) is 5.56 Å². The number of hydrogen-bond donors (Lipinski definition) is 1. The summed E-state index contributed by atoms with van der Waals surface area (Å²) in [6.45, 7) is 7.36. The third-order valence-corrected chi connectivity index (χ3v) is 4.87. The van der Waals surface area contributed by atoms with Crippen LogP contribution >= 0.6 is 27.3 Å². The van der Waals surface area contributed by atoms with Gasteiger partial charge in [-0.1, -0.05) is 44.2 Å². The Balaban J connectivity index is 2.10. The quantitative estimate of drug-likeness (QED) is 0.799. The van der Waals surface area contributed by atoms with Crippen molar-refractivity contribution in [2.75, 3.05) is 25.0 Å². The predicted octanol–water partition coefficient (Wildman–Crippen LogP) is 4.40. The number of hydrogen-bond acceptors (Lipinski definition) is 4. The van der Waals surface area contributed by atoms with Gasteiger partial charge in [-0.3, -0.25) is 4.90 Å². The van der Waals surface area contributed by atoms with Gasteiger partial charge in [0.15, 0.2) is 5.13 Å². The number of nitrogens with one attached hydrogen (secondary N) is 1. The molecule has 5 heteroatoms. The highest BCUT2D eigenvalue weighted by molar-refractivity contribution is 9.10. The van der Waals surface area contributed by atoms with E-state index in [9.17, 15) is 0 Å². The van der Waals surface area contributed by atoms with Crippen LogP contribution in [0.4, 0.5) is 5.13 Å². The van der Waals surface area contributed by atoms with Gasteiger partial charge in [-0.15, -0.1) is 11.3 Å². The molecule has 0 aliphatic carbocycles. The van der Waals surface area contributed by atoms with E-state index in [1.54, 1.807) is 11.3 Å². The molecule has 0 radical (unpaired) electrons. The van der Waals surface area contributed by atoms with Crippen molar-refractivity contribution in [2.45, 2.75) is 19.9 Å². The average Bonchev–Trinajstić information content (AvgIpc) is 2.90. The standard InChI is InChI=1S/C15H20BrN3S/c1-3-19(4-2)13(12-8-6-5-7-9-12)10-17-15-18-14(16)11-20-15/h5-9,11,13H,3-4,10H2,1-2H3,(H,17,18). The van der Waals surface area contributed by atoms with Gasteiger partial charge < -0.3 is 5.32 Å². The normalized spacial score (nSPS) is 12.6. The highest BCUT2D eigenvalue weighted by Crippen LogP contribution is 2.24. The Morgan fingerprint density at radius 3 is 2.50 bits per heavy atom. The van der Waals surface area contributed by atoms with Gasteiger partial charge in [0.25, 0.3) is 0 Å². The van der Waals surface area contributed by atoms with Gasteiger partial charge in [0, 0.05) is 11.9 Å². The van der Waals surface area contributed by atoms with E-state index in [4.69, 9.17) is 0 Å². The zero-order valence-corrected chi connectivity index (χ0v) is 14.2. The van der Waals surface area contributed by atoms with Crippen LogP contribution in [0, 0.1) is 0 Å². The van der Waals surface area contributed by atoms with Gasteiger partial charge >= 0.3 is 0 Å². The lowest BCUT2D eigenvalue weighted by Crippen LogP contribution is -2.33. The second-order valence-corrected chi connectivity index (χ2v) is 6.17. The van der Waals surface area contributed by atoms with Crippen molar-refractivity contribution in [3.8, 4) is 0 Å². The molecule has 0 amide bonds. The van der Waals surface area contributed by atoms with Crippen LogP contribution < -0.4 is 5.32 Å². The minimum atomic E-state index is 0.369. The van der Waals surface area contributed by atoms with Crippen LogP contribution in [0.5, 0.6) is 0 Å². The van der Waals surface area contributed by atoms with Crippen LogP contribution in [0.15, 0.2) is 40.3 Å². The van der Waals surface area contributed by atoms with Crippen LogP contribution in [0.3, 0.4) is 0 Å². The van der Waals surface area contributed by atoms with Gasteiger partial charge in [-0.2, -0.15) is 0 Å². The van der Waals surface area contributed by atoms with Crippen LogP contribution in [-0.4, -0.2) is 29.5 Å². The van der Waals surface area contributed by atoms with Crippen molar-refractivity contribution in [1.82, 2.24) is 9.88 Å². The van der Waals surface area contributed by atoms with Crippen molar-refractivity contribution in [1.29, 1.82) is 0 Å². The lowest BCUT2D eigenvalue weighted by molar-refractivity contribution is 0.228. The SMILES string of the molecule is CCN(CC)C(CNc1nc(Br)cs1)c1ccccc1. The fraction of sp³-hybridized carbons (Fsp3) is 0.400. The number of anilines is 1. The van der Waals surface area contributed by atoms with E-state index in [0.717, 1.165) is 29.4 Å². The highest BCUT2D eigenvalue weighted by Gasteiger charge is 2.17. The second kappa shape index (κ2) is 7.76. The zero-order valence-electron chi connectivity index (χ0n) is 11.8. The summed E-state index contributed by atoms with van der Waals surface area (Å²) >= 11 is 5.02. The smallest absolute Gasteiger partial charge is 0.183 e. The molecule has 1 atom stereocenters. The summed E-state index contributed by atoms with van der Waals surface area (Å²) in [5, 5.41) is 6.41. The van der Waals surface area contributed by atoms with Crippen molar-refractivity contribution in [2.24, 2.45) is 0 Å². The molecule has 0 spiro atoms. The van der Waals surface area contributed by atoms with E-state index in [1.807, 2.05) is 5.38 Å². The van der Waals surface area contributed by atoms with Crippen LogP contribution in [0.1, 0.15) is 25.5 Å². The van der Waals surface area contributed by atoms with Crippen molar-refractivity contribution < 1.29 is 0 Å². The number of benzene rings is 1. The number of halogens is 1. The van der Waals surface area contributed by atoms with Gasteiger partial charge in [-0.25, -0.2) is 4.98 Å². The van der Waals surface area contributed by atoms with E-state index in [2.05, 4.69) is 75.3 Å². The molecule has 0 saturated heterocycles. The molecule has 0 aliphatic rings. The summed E-state index contributed by atoms with van der Waals surface area (Å²) < 4.78 is 0.893. The summed E-state index contributed by atoms with van der Waals surface area (Å²) in [6.07, 6.45) is 0. The number of likely N-dealkylation sites (N-methyl/N-ethyl adjacent to an activating group) is 1. The van der Waals surface area contributed by atoms with Crippen LogP contribution in [-0.2, 0) is 0 Å². The molecule has 108 valence electrons. The van der Waals surface area contributed by atoms with E-state index < -0.39 is 0 Å². The summed E-state index contributed by atoms with van der Waals surface area (Å²) in [5.74, 6) is 0. The molecular weight excluding hydrogens is 334 g/mol. The molecule has 2 aromatic rings. The molecule has 0 fully saturated rings. The minimum Gasteiger partial charge on any atom is -0.360 e. The first-order valence-corrected chi connectivity index (χ1v) is 8.55. The van der Waals surface area contributed by atoms with E-state index in [0.29, 0.717) is 6.04 Å². The van der Waals surface area contributed by atoms with E-state index >= 15 is 0 Å². The Labute approximate surface area is 133 Å². The second-order valence-electron chi connectivity index (χ2n) is 4.50. The first kappa shape index (κ1) is 15.5. The lowest BCUT2D eigenvalue weighted by atomic mass is 10.1. The van der Waals surface area contributed by atoms with Crippen molar-refractivity contribution in [3.63, 3.8) is 0 Å². The molecule has 1 N–H and O–H groups in total. The third-order valence-electron chi connectivity index (χ3n) is 3.36. The molecule has 0 aliphatic heterocycles. The number of aromatic nitrogens is 1. The van der Waals surface area contributed by atoms with E-state index in [-0.39, 0.29) is 0 Å². The van der Waals surface area contributed by atoms with Crippen molar-refractivity contribution >= 4 is 32.4 Å². The summed E-state index contributed by atoms with van der Waals surface area (Å²) in [4.78, 5) is 6.86. The van der Waals surface area contributed by atoms with Gasteiger partial charge in [0.1, 0.15) is 4.60 Å². The molecule has 1 unspecified atom stereocenters. The van der Waals surface area contributed by atoms with Gasteiger partial charge in [0.2, 0.25) is 0 Å². The maximum Gasteiger partial charge on any atom is 0.183 e. The molecule has 3 nitrogen and oxygen atoms in total. The fourth-order valence-corrected chi connectivity index (χ4v) is 3.47. The molecule has 1 aromatic carbocycles.